The molecule has 0 heterocycles. The van der Waals surface area contributed by atoms with Crippen molar-refractivity contribution < 1.29 is 23.9 Å². The maximum absolute atomic E-state index is 12.2. The van der Waals surface area contributed by atoms with Gasteiger partial charge in [-0.3, -0.25) is 9.59 Å². The monoisotopic (exact) mass is 431 g/mol. The third-order valence-corrected chi connectivity index (χ3v) is 4.29. The van der Waals surface area contributed by atoms with Crippen molar-refractivity contribution in [3.8, 4) is 11.5 Å². The summed E-state index contributed by atoms with van der Waals surface area (Å²) in [6, 6.07) is 20.3. The highest BCUT2D eigenvalue weighted by molar-refractivity contribution is 6.39. The summed E-state index contributed by atoms with van der Waals surface area (Å²) >= 11 is 0. The number of nitrogens with zero attached hydrogens (tertiary/aromatic N) is 1. The molecule has 3 aromatic carbocycles. The molecule has 162 valence electrons. The first kappa shape index (κ1) is 22.2. The normalized spacial score (nSPS) is 10.4. The van der Waals surface area contributed by atoms with Gasteiger partial charge in [0.2, 0.25) is 0 Å². The van der Waals surface area contributed by atoms with Crippen molar-refractivity contribution in [1.82, 2.24) is 5.43 Å². The predicted molar refractivity (Wildman–Crippen MR) is 120 cm³/mol. The summed E-state index contributed by atoms with van der Waals surface area (Å²) in [4.78, 5) is 36.1. The number of aryl methyl sites for hydroxylation is 1. The van der Waals surface area contributed by atoms with Crippen molar-refractivity contribution in [2.75, 3.05) is 12.4 Å². The Balaban J connectivity index is 1.52. The second kappa shape index (κ2) is 10.5. The van der Waals surface area contributed by atoms with E-state index in [1.165, 1.54) is 13.3 Å². The molecule has 0 bridgehead atoms. The zero-order chi connectivity index (χ0) is 22.9. The minimum atomic E-state index is -0.934. The molecule has 0 aliphatic heterocycles. The number of hydrogen-bond acceptors (Lipinski definition) is 6. The average Bonchev–Trinajstić information content (AvgIpc) is 2.80. The number of hydrogen-bond donors (Lipinski definition) is 2. The van der Waals surface area contributed by atoms with Gasteiger partial charge in [-0.25, -0.2) is 10.2 Å². The number of para-hydroxylation sites is 2. The zero-order valence-corrected chi connectivity index (χ0v) is 17.5. The first-order chi connectivity index (χ1) is 15.5. The first-order valence-electron chi connectivity index (χ1n) is 9.62. The van der Waals surface area contributed by atoms with Crippen molar-refractivity contribution in [2.45, 2.75) is 6.92 Å². The minimum absolute atomic E-state index is 0.369. The van der Waals surface area contributed by atoms with E-state index in [4.69, 9.17) is 9.47 Å². The van der Waals surface area contributed by atoms with Crippen LogP contribution >= 0.6 is 0 Å². The highest BCUT2D eigenvalue weighted by atomic mass is 16.5. The van der Waals surface area contributed by atoms with E-state index in [-0.39, 0.29) is 0 Å². The fourth-order valence-electron chi connectivity index (χ4n) is 2.70. The number of esters is 1. The molecular weight excluding hydrogens is 410 g/mol. The van der Waals surface area contributed by atoms with Crippen LogP contribution in [0.15, 0.2) is 77.9 Å². The Bertz CT molecular complexity index is 1160. The fraction of sp³-hybridized carbons (Fsp3) is 0.0833. The lowest BCUT2D eigenvalue weighted by Crippen LogP contribution is -2.32. The predicted octanol–water partition coefficient (Wildman–Crippen LogP) is 3.31. The van der Waals surface area contributed by atoms with E-state index in [0.29, 0.717) is 28.3 Å². The second-order valence-electron chi connectivity index (χ2n) is 6.68. The van der Waals surface area contributed by atoms with E-state index in [9.17, 15) is 14.4 Å². The maximum atomic E-state index is 12.2. The molecule has 3 rings (SSSR count). The van der Waals surface area contributed by atoms with Crippen LogP contribution in [0.2, 0.25) is 0 Å². The molecule has 0 fully saturated rings. The van der Waals surface area contributed by atoms with Crippen LogP contribution in [0, 0.1) is 6.92 Å². The van der Waals surface area contributed by atoms with Crippen LogP contribution in [-0.4, -0.2) is 31.1 Å². The molecule has 8 heteroatoms. The second-order valence-corrected chi connectivity index (χ2v) is 6.68. The summed E-state index contributed by atoms with van der Waals surface area (Å²) in [6.45, 7) is 1.89. The van der Waals surface area contributed by atoms with E-state index in [1.807, 2.05) is 13.0 Å². The summed E-state index contributed by atoms with van der Waals surface area (Å²) in [7, 11) is 1.46. The molecule has 0 aliphatic carbocycles. The summed E-state index contributed by atoms with van der Waals surface area (Å²) in [5.41, 5.74) is 4.58. The van der Waals surface area contributed by atoms with Gasteiger partial charge in [-0.1, -0.05) is 29.8 Å². The van der Waals surface area contributed by atoms with Crippen LogP contribution in [-0.2, 0) is 9.59 Å². The average molecular weight is 431 g/mol. The molecule has 0 aliphatic rings. The zero-order valence-electron chi connectivity index (χ0n) is 17.5. The Morgan fingerprint density at radius 1 is 0.906 bits per heavy atom. The van der Waals surface area contributed by atoms with Gasteiger partial charge in [0.15, 0.2) is 0 Å². The topological polar surface area (TPSA) is 106 Å². The number of benzene rings is 3. The van der Waals surface area contributed by atoms with Gasteiger partial charge in [0.25, 0.3) is 0 Å². The minimum Gasteiger partial charge on any atom is -0.495 e. The van der Waals surface area contributed by atoms with E-state index in [2.05, 4.69) is 15.8 Å². The largest absolute Gasteiger partial charge is 0.495 e. The van der Waals surface area contributed by atoms with Crippen molar-refractivity contribution in [3.63, 3.8) is 0 Å². The van der Waals surface area contributed by atoms with Gasteiger partial charge < -0.3 is 14.8 Å². The van der Waals surface area contributed by atoms with Crippen molar-refractivity contribution in [2.24, 2.45) is 5.10 Å². The molecule has 0 atom stereocenters. The Kier molecular flexibility index (Phi) is 7.32. The Morgan fingerprint density at radius 2 is 1.66 bits per heavy atom. The molecule has 0 spiro atoms. The number of carbonyl (C=O) groups excluding carboxylic acids is 3. The first-order valence-corrected chi connectivity index (χ1v) is 9.62. The van der Waals surface area contributed by atoms with E-state index < -0.39 is 17.8 Å². The summed E-state index contributed by atoms with van der Waals surface area (Å²) < 4.78 is 10.5. The standard InChI is InChI=1S/C24H21N3O5/c1-16-6-5-7-18(14-16)24(30)32-19-12-10-17(11-13-19)15-25-27-23(29)22(28)26-20-8-3-4-9-21(20)31-2/h3-15H,1-2H3,(H,26,28)(H,27,29). The molecule has 0 aromatic heterocycles. The number of anilines is 1. The summed E-state index contributed by atoms with van der Waals surface area (Å²) in [5, 5.41) is 6.22. The van der Waals surface area contributed by atoms with Gasteiger partial charge >= 0.3 is 17.8 Å². The number of nitrogens with one attached hydrogen (secondary N) is 2. The van der Waals surface area contributed by atoms with Crippen molar-refractivity contribution in [1.29, 1.82) is 0 Å². The van der Waals surface area contributed by atoms with E-state index >= 15 is 0 Å². The highest BCUT2D eigenvalue weighted by Gasteiger charge is 2.15. The van der Waals surface area contributed by atoms with E-state index in [0.717, 1.165) is 5.56 Å². The lowest BCUT2D eigenvalue weighted by atomic mass is 10.1. The molecule has 0 saturated carbocycles. The maximum Gasteiger partial charge on any atom is 0.343 e. The molecule has 0 unspecified atom stereocenters. The number of carbonyl (C=O) groups is 3. The molecule has 0 saturated heterocycles. The fourth-order valence-corrected chi connectivity index (χ4v) is 2.70. The van der Waals surface area contributed by atoms with Crippen LogP contribution in [0.1, 0.15) is 21.5 Å². The van der Waals surface area contributed by atoms with Crippen LogP contribution < -0.4 is 20.2 Å². The summed E-state index contributed by atoms with van der Waals surface area (Å²) in [5.74, 6) is -1.47. The third kappa shape index (κ3) is 6.02. The Hall–Kier alpha value is -4.46. The van der Waals surface area contributed by atoms with E-state index in [1.54, 1.807) is 66.7 Å². The molecule has 32 heavy (non-hydrogen) atoms. The summed E-state index contributed by atoms with van der Waals surface area (Å²) in [6.07, 6.45) is 1.36. The molecule has 8 nitrogen and oxygen atoms in total. The smallest absolute Gasteiger partial charge is 0.343 e. The molecule has 3 aromatic rings. The molecular formula is C24H21N3O5. The third-order valence-electron chi connectivity index (χ3n) is 4.29. The van der Waals surface area contributed by atoms with Gasteiger partial charge in [-0.2, -0.15) is 5.10 Å². The highest BCUT2D eigenvalue weighted by Crippen LogP contribution is 2.22. The van der Waals surface area contributed by atoms with Crippen LogP contribution in [0.4, 0.5) is 5.69 Å². The quantitative estimate of drug-likeness (QED) is 0.205. The number of amides is 2. The lowest BCUT2D eigenvalue weighted by molar-refractivity contribution is -0.136. The van der Waals surface area contributed by atoms with Crippen LogP contribution in [0.3, 0.4) is 0 Å². The SMILES string of the molecule is COc1ccccc1NC(=O)C(=O)NN=Cc1ccc(OC(=O)c2cccc(C)c2)cc1. The Morgan fingerprint density at radius 3 is 2.38 bits per heavy atom. The molecule has 2 N–H and O–H groups in total. The van der Waals surface area contributed by atoms with Crippen LogP contribution in [0.25, 0.3) is 0 Å². The van der Waals surface area contributed by atoms with Crippen molar-refractivity contribution in [3.05, 3.63) is 89.5 Å². The lowest BCUT2D eigenvalue weighted by Gasteiger charge is -2.08. The van der Waals surface area contributed by atoms with Crippen molar-refractivity contribution >= 4 is 29.7 Å². The molecule has 0 radical (unpaired) electrons. The number of hydrazone groups is 1. The number of methoxy groups -OCH3 is 1. The van der Waals surface area contributed by atoms with Gasteiger partial charge in [-0.15, -0.1) is 0 Å². The van der Waals surface area contributed by atoms with Gasteiger partial charge in [0.1, 0.15) is 11.5 Å². The van der Waals surface area contributed by atoms with Crippen LogP contribution in [0.5, 0.6) is 11.5 Å². The van der Waals surface area contributed by atoms with Gasteiger partial charge in [0, 0.05) is 0 Å². The van der Waals surface area contributed by atoms with Gasteiger partial charge in [-0.05, 0) is 61.0 Å². The van der Waals surface area contributed by atoms with Gasteiger partial charge in [0.05, 0.1) is 24.6 Å². The molecule has 2 amide bonds. The number of ether oxygens (including phenoxy) is 2. The number of rotatable bonds is 6. The Labute approximate surface area is 184 Å².